The number of nitrogens with zero attached hydrogens (tertiary/aromatic N) is 3. The second kappa shape index (κ2) is 8.81. The van der Waals surface area contributed by atoms with E-state index in [1.807, 2.05) is 33.8 Å². The molecule has 0 bridgehead atoms. The van der Waals surface area contributed by atoms with Crippen molar-refractivity contribution in [2.45, 2.75) is 90.3 Å². The number of likely N-dealkylation sites (tertiary alicyclic amines) is 1. The highest BCUT2D eigenvalue weighted by Crippen LogP contribution is 2.35. The molecule has 7 nitrogen and oxygen atoms in total. The monoisotopic (exact) mass is 446 g/mol. The van der Waals surface area contributed by atoms with Gasteiger partial charge in [-0.2, -0.15) is 5.10 Å². The molecule has 2 aromatic rings. The highest BCUT2D eigenvalue weighted by molar-refractivity contribution is 7.20. The number of nitrogens with one attached hydrogen (secondary N) is 1. The fraction of sp³-hybridized carbons (Fsp3) is 0.696. The first kappa shape index (κ1) is 22.1. The van der Waals surface area contributed by atoms with Gasteiger partial charge in [-0.3, -0.25) is 9.48 Å². The zero-order valence-electron chi connectivity index (χ0n) is 19.1. The van der Waals surface area contributed by atoms with Gasteiger partial charge in [0.05, 0.1) is 16.6 Å². The molecule has 0 radical (unpaired) electrons. The van der Waals surface area contributed by atoms with Crippen molar-refractivity contribution in [3.63, 3.8) is 0 Å². The third kappa shape index (κ3) is 5.05. The Kier molecular flexibility index (Phi) is 6.28. The summed E-state index contributed by atoms with van der Waals surface area (Å²) in [4.78, 5) is 28.8. The number of carbonyl (C=O) groups excluding carboxylic acids is 2. The molecule has 0 spiro atoms. The van der Waals surface area contributed by atoms with Gasteiger partial charge in [-0.05, 0) is 59.4 Å². The minimum Gasteiger partial charge on any atom is -0.444 e. The smallest absolute Gasteiger partial charge is 0.410 e. The number of aryl methyl sites for hydroxylation is 1. The highest BCUT2D eigenvalue weighted by Gasteiger charge is 2.28. The van der Waals surface area contributed by atoms with E-state index in [4.69, 9.17) is 9.84 Å². The van der Waals surface area contributed by atoms with Crippen molar-refractivity contribution in [2.75, 3.05) is 13.1 Å². The molecule has 2 aliphatic rings. The SMILES string of the molecule is Cc1nn(C2CCCCC2)c2sc(C(=O)NC3CCN(C(=O)OC(C)(C)C)CC3)cc12. The lowest BCUT2D eigenvalue weighted by Crippen LogP contribution is -2.47. The first-order valence-electron chi connectivity index (χ1n) is 11.5. The summed E-state index contributed by atoms with van der Waals surface area (Å²) in [6, 6.07) is 2.52. The molecule has 1 N–H and O–H groups in total. The van der Waals surface area contributed by atoms with E-state index in [2.05, 4.69) is 10.00 Å². The Morgan fingerprint density at radius 1 is 1.13 bits per heavy atom. The Hall–Kier alpha value is -2.09. The molecule has 4 rings (SSSR count). The minimum atomic E-state index is -0.491. The van der Waals surface area contributed by atoms with Crippen LogP contribution in [-0.4, -0.2) is 51.4 Å². The molecule has 1 saturated heterocycles. The zero-order chi connectivity index (χ0) is 22.2. The molecule has 1 aliphatic heterocycles. The van der Waals surface area contributed by atoms with Crippen molar-refractivity contribution in [3.8, 4) is 0 Å². The summed E-state index contributed by atoms with van der Waals surface area (Å²) in [5.41, 5.74) is 0.510. The van der Waals surface area contributed by atoms with Crippen LogP contribution in [0.4, 0.5) is 4.79 Å². The van der Waals surface area contributed by atoms with Crippen molar-refractivity contribution in [3.05, 3.63) is 16.6 Å². The molecule has 0 aromatic carbocycles. The third-order valence-corrected chi connectivity index (χ3v) is 7.32. The van der Waals surface area contributed by atoms with Gasteiger partial charge in [-0.1, -0.05) is 19.3 Å². The second-order valence-corrected chi connectivity index (χ2v) is 10.9. The molecule has 170 valence electrons. The van der Waals surface area contributed by atoms with Gasteiger partial charge >= 0.3 is 6.09 Å². The predicted molar refractivity (Wildman–Crippen MR) is 123 cm³/mol. The lowest BCUT2D eigenvalue weighted by molar-refractivity contribution is 0.0200. The fourth-order valence-corrected chi connectivity index (χ4v) is 5.68. The van der Waals surface area contributed by atoms with E-state index in [1.54, 1.807) is 16.2 Å². The number of rotatable bonds is 3. The van der Waals surface area contributed by atoms with Gasteiger partial charge in [0.15, 0.2) is 0 Å². The van der Waals surface area contributed by atoms with E-state index in [0.717, 1.165) is 33.6 Å². The predicted octanol–water partition coefficient (Wildman–Crippen LogP) is 5.04. The van der Waals surface area contributed by atoms with Crippen molar-refractivity contribution < 1.29 is 14.3 Å². The quantitative estimate of drug-likeness (QED) is 0.716. The molecular formula is C23H34N4O3S. The molecular weight excluding hydrogens is 412 g/mol. The normalized spacial score (nSPS) is 19.0. The molecule has 2 fully saturated rings. The maximum Gasteiger partial charge on any atom is 0.410 e. The molecule has 0 atom stereocenters. The number of thiophene rings is 1. The van der Waals surface area contributed by atoms with Crippen LogP contribution in [0.1, 0.15) is 87.1 Å². The van der Waals surface area contributed by atoms with Gasteiger partial charge in [0.25, 0.3) is 5.91 Å². The minimum absolute atomic E-state index is 0.0217. The molecule has 3 heterocycles. The van der Waals surface area contributed by atoms with Crippen LogP contribution in [0.2, 0.25) is 0 Å². The number of aromatic nitrogens is 2. The Morgan fingerprint density at radius 2 is 1.81 bits per heavy atom. The van der Waals surface area contributed by atoms with Crippen LogP contribution in [-0.2, 0) is 4.74 Å². The average Bonchev–Trinajstić information content (AvgIpc) is 3.29. The summed E-state index contributed by atoms with van der Waals surface area (Å²) in [6.45, 7) is 8.85. The Labute approximate surface area is 188 Å². The van der Waals surface area contributed by atoms with Crippen LogP contribution in [0, 0.1) is 6.92 Å². The summed E-state index contributed by atoms with van der Waals surface area (Å²) in [5, 5.41) is 9.06. The van der Waals surface area contributed by atoms with Crippen molar-refractivity contribution >= 4 is 33.6 Å². The summed E-state index contributed by atoms with van der Waals surface area (Å²) >= 11 is 1.55. The Bertz CT molecular complexity index is 944. The maximum atomic E-state index is 12.9. The topological polar surface area (TPSA) is 76.5 Å². The number of hydrogen-bond acceptors (Lipinski definition) is 5. The van der Waals surface area contributed by atoms with Crippen LogP contribution in [0.15, 0.2) is 6.07 Å². The van der Waals surface area contributed by atoms with E-state index in [9.17, 15) is 9.59 Å². The standard InChI is InChI=1S/C23H34N4O3S/c1-15-18-14-19(31-21(18)27(25-15)17-8-6-5-7-9-17)20(28)24-16-10-12-26(13-11-16)22(29)30-23(2,3)4/h14,16-17H,5-13H2,1-4H3,(H,24,28). The van der Waals surface area contributed by atoms with Crippen molar-refractivity contribution in [2.24, 2.45) is 0 Å². The van der Waals surface area contributed by atoms with Gasteiger partial charge in [-0.25, -0.2) is 4.79 Å². The van der Waals surface area contributed by atoms with Crippen LogP contribution in [0.5, 0.6) is 0 Å². The van der Waals surface area contributed by atoms with Crippen molar-refractivity contribution in [1.29, 1.82) is 0 Å². The summed E-state index contributed by atoms with van der Waals surface area (Å²) in [7, 11) is 0. The Morgan fingerprint density at radius 3 is 2.45 bits per heavy atom. The second-order valence-electron chi connectivity index (χ2n) is 9.87. The number of carbonyl (C=O) groups is 2. The Balaban J connectivity index is 1.38. The first-order valence-corrected chi connectivity index (χ1v) is 12.3. The average molecular weight is 447 g/mol. The summed E-state index contributed by atoms with van der Waals surface area (Å²) in [6.07, 6.45) is 7.37. The largest absolute Gasteiger partial charge is 0.444 e. The van der Waals surface area contributed by atoms with E-state index in [-0.39, 0.29) is 18.0 Å². The first-order chi connectivity index (χ1) is 14.7. The zero-order valence-corrected chi connectivity index (χ0v) is 19.9. The van der Waals surface area contributed by atoms with Gasteiger partial charge in [0, 0.05) is 24.5 Å². The number of ether oxygens (including phenoxy) is 1. The van der Waals surface area contributed by atoms with Gasteiger partial charge < -0.3 is 15.0 Å². The molecule has 0 unspecified atom stereocenters. The van der Waals surface area contributed by atoms with Gasteiger partial charge in [0.1, 0.15) is 10.4 Å². The molecule has 1 saturated carbocycles. The fourth-order valence-electron chi connectivity index (χ4n) is 4.55. The van der Waals surface area contributed by atoms with Crippen LogP contribution in [0.3, 0.4) is 0 Å². The molecule has 1 aliphatic carbocycles. The molecule has 2 amide bonds. The van der Waals surface area contributed by atoms with E-state index < -0.39 is 5.60 Å². The molecule has 2 aromatic heterocycles. The number of amides is 2. The number of fused-ring (bicyclic) bond motifs is 1. The van der Waals surface area contributed by atoms with Gasteiger partial charge in [-0.15, -0.1) is 11.3 Å². The summed E-state index contributed by atoms with van der Waals surface area (Å²) < 4.78 is 7.62. The number of hydrogen-bond donors (Lipinski definition) is 1. The number of piperidine rings is 1. The van der Waals surface area contributed by atoms with E-state index in [0.29, 0.717) is 19.1 Å². The molecule has 8 heteroatoms. The van der Waals surface area contributed by atoms with E-state index in [1.165, 1.54) is 32.1 Å². The maximum absolute atomic E-state index is 12.9. The van der Waals surface area contributed by atoms with E-state index >= 15 is 0 Å². The lowest BCUT2D eigenvalue weighted by Gasteiger charge is -2.33. The third-order valence-electron chi connectivity index (χ3n) is 6.19. The van der Waals surface area contributed by atoms with Crippen LogP contribution in [0.25, 0.3) is 10.2 Å². The van der Waals surface area contributed by atoms with Crippen LogP contribution >= 0.6 is 11.3 Å². The highest BCUT2D eigenvalue weighted by atomic mass is 32.1. The van der Waals surface area contributed by atoms with Crippen molar-refractivity contribution in [1.82, 2.24) is 20.0 Å². The lowest BCUT2D eigenvalue weighted by atomic mass is 9.96. The van der Waals surface area contributed by atoms with Crippen LogP contribution < -0.4 is 5.32 Å². The van der Waals surface area contributed by atoms with Gasteiger partial charge in [0.2, 0.25) is 0 Å². The summed E-state index contributed by atoms with van der Waals surface area (Å²) in [5.74, 6) is -0.0217. The molecule has 31 heavy (non-hydrogen) atoms.